The minimum absolute atomic E-state index is 0.0639. The summed E-state index contributed by atoms with van der Waals surface area (Å²) in [5, 5.41) is 0. The van der Waals surface area contributed by atoms with Crippen molar-refractivity contribution in [1.82, 2.24) is 4.90 Å². The fourth-order valence-electron chi connectivity index (χ4n) is 4.97. The fraction of sp³-hybridized carbons (Fsp3) is 0.269. The molecular weight excluding hydrogens is 394 g/mol. The van der Waals surface area contributed by atoms with E-state index in [0.29, 0.717) is 12.1 Å². The number of carbonyl (C=O) groups excluding carboxylic acids is 1. The van der Waals surface area contributed by atoms with Crippen molar-refractivity contribution >= 4 is 11.6 Å². The lowest BCUT2D eigenvalue weighted by Gasteiger charge is -2.40. The molecule has 3 aromatic carbocycles. The van der Waals surface area contributed by atoms with Gasteiger partial charge >= 0.3 is 0 Å². The largest absolute Gasteiger partial charge is 0.307 e. The predicted octanol–water partition coefficient (Wildman–Crippen LogP) is 5.16. The molecule has 1 saturated heterocycles. The van der Waals surface area contributed by atoms with Crippen molar-refractivity contribution in [1.29, 1.82) is 0 Å². The van der Waals surface area contributed by atoms with E-state index in [9.17, 15) is 13.6 Å². The number of amides is 1. The van der Waals surface area contributed by atoms with Crippen LogP contribution in [0.15, 0.2) is 72.8 Å². The maximum Gasteiger partial charge on any atom is 0.258 e. The van der Waals surface area contributed by atoms with Crippen LogP contribution in [0.2, 0.25) is 0 Å². The van der Waals surface area contributed by atoms with Crippen molar-refractivity contribution in [3.8, 4) is 0 Å². The summed E-state index contributed by atoms with van der Waals surface area (Å²) in [6.07, 6.45) is 1.91. The number of halogens is 2. The van der Waals surface area contributed by atoms with Gasteiger partial charge in [0.1, 0.15) is 11.6 Å². The number of carbonyl (C=O) groups is 1. The maximum atomic E-state index is 13.3. The van der Waals surface area contributed by atoms with Gasteiger partial charge in [0.25, 0.3) is 5.91 Å². The molecule has 5 heteroatoms. The Morgan fingerprint density at radius 3 is 2.13 bits per heavy atom. The smallest absolute Gasteiger partial charge is 0.258 e. The van der Waals surface area contributed by atoms with Crippen molar-refractivity contribution in [2.45, 2.75) is 24.8 Å². The van der Waals surface area contributed by atoms with E-state index < -0.39 is 0 Å². The topological polar surface area (TPSA) is 23.6 Å². The molecule has 3 nitrogen and oxygen atoms in total. The molecule has 0 aliphatic carbocycles. The summed E-state index contributed by atoms with van der Waals surface area (Å²) in [6, 6.07) is 20.6. The zero-order valence-electron chi connectivity index (χ0n) is 17.2. The van der Waals surface area contributed by atoms with Gasteiger partial charge < -0.3 is 4.90 Å². The van der Waals surface area contributed by atoms with Crippen LogP contribution in [0.5, 0.6) is 0 Å². The van der Waals surface area contributed by atoms with E-state index in [1.807, 2.05) is 35.2 Å². The molecule has 1 fully saturated rings. The third kappa shape index (κ3) is 3.74. The van der Waals surface area contributed by atoms with E-state index in [2.05, 4.69) is 11.0 Å². The molecule has 0 bridgehead atoms. The van der Waals surface area contributed by atoms with Gasteiger partial charge in [-0.3, -0.25) is 9.69 Å². The number of hydrogen-bond donors (Lipinski definition) is 0. The molecule has 0 saturated carbocycles. The van der Waals surface area contributed by atoms with Crippen molar-refractivity contribution in [2.24, 2.45) is 0 Å². The quantitative estimate of drug-likeness (QED) is 0.587. The summed E-state index contributed by atoms with van der Waals surface area (Å²) in [4.78, 5) is 17.5. The Bertz CT molecular complexity index is 1090. The Hall–Kier alpha value is -3.05. The standard InChI is InChI=1S/C26H24F2N2O/c27-21-9-5-19(6-10-21)17-29-15-13-26(14-16-29)18-30(24-4-2-1-3-23(24)26)25(31)20-7-11-22(28)12-8-20/h1-12H,13-18H2. The van der Waals surface area contributed by atoms with Crippen LogP contribution in [0.25, 0.3) is 0 Å². The lowest BCUT2D eigenvalue weighted by molar-refractivity contribution is 0.0975. The van der Waals surface area contributed by atoms with E-state index in [0.717, 1.165) is 43.7 Å². The van der Waals surface area contributed by atoms with Crippen molar-refractivity contribution in [3.63, 3.8) is 0 Å². The SMILES string of the molecule is O=C(c1ccc(F)cc1)N1CC2(CCN(Cc3ccc(F)cc3)CC2)c2ccccc21. The normalized spacial score (nSPS) is 17.7. The van der Waals surface area contributed by atoms with Gasteiger partial charge in [-0.2, -0.15) is 0 Å². The molecule has 1 spiro atoms. The minimum Gasteiger partial charge on any atom is -0.307 e. The highest BCUT2D eigenvalue weighted by atomic mass is 19.1. The second-order valence-electron chi connectivity index (χ2n) is 8.60. The van der Waals surface area contributed by atoms with E-state index in [4.69, 9.17) is 0 Å². The van der Waals surface area contributed by atoms with Crippen molar-refractivity contribution in [3.05, 3.63) is 101 Å². The first-order valence-electron chi connectivity index (χ1n) is 10.7. The summed E-state index contributed by atoms with van der Waals surface area (Å²) < 4.78 is 26.5. The number of fused-ring (bicyclic) bond motifs is 2. The van der Waals surface area contributed by atoms with Gasteiger partial charge in [-0.05, 0) is 79.5 Å². The maximum absolute atomic E-state index is 13.3. The van der Waals surface area contributed by atoms with Gasteiger partial charge in [0.2, 0.25) is 0 Å². The van der Waals surface area contributed by atoms with E-state index in [-0.39, 0.29) is 23.0 Å². The molecule has 2 heterocycles. The summed E-state index contributed by atoms with van der Waals surface area (Å²) in [6.45, 7) is 3.29. The molecule has 0 N–H and O–H groups in total. The fourth-order valence-corrected chi connectivity index (χ4v) is 4.97. The van der Waals surface area contributed by atoms with Crippen LogP contribution < -0.4 is 4.90 Å². The third-order valence-corrected chi connectivity index (χ3v) is 6.70. The monoisotopic (exact) mass is 418 g/mol. The molecule has 1 amide bonds. The molecule has 0 radical (unpaired) electrons. The van der Waals surface area contributed by atoms with Crippen LogP contribution in [-0.4, -0.2) is 30.4 Å². The van der Waals surface area contributed by atoms with Crippen LogP contribution in [-0.2, 0) is 12.0 Å². The molecule has 158 valence electrons. The number of likely N-dealkylation sites (tertiary alicyclic amines) is 1. The number of anilines is 1. The van der Waals surface area contributed by atoms with Crippen LogP contribution in [0.1, 0.15) is 34.3 Å². The summed E-state index contributed by atoms with van der Waals surface area (Å²) in [5.41, 5.74) is 3.74. The summed E-state index contributed by atoms with van der Waals surface area (Å²) >= 11 is 0. The second kappa shape index (κ2) is 7.89. The van der Waals surface area contributed by atoms with Gasteiger partial charge in [-0.15, -0.1) is 0 Å². The van der Waals surface area contributed by atoms with Gasteiger partial charge in [-0.1, -0.05) is 30.3 Å². The molecule has 0 atom stereocenters. The molecule has 3 aromatic rings. The van der Waals surface area contributed by atoms with Crippen molar-refractivity contribution in [2.75, 3.05) is 24.5 Å². The first-order valence-corrected chi connectivity index (χ1v) is 10.7. The zero-order valence-corrected chi connectivity index (χ0v) is 17.2. The van der Waals surface area contributed by atoms with Crippen LogP contribution >= 0.6 is 0 Å². The Labute approximate surface area is 180 Å². The minimum atomic E-state index is -0.344. The highest BCUT2D eigenvalue weighted by Gasteiger charge is 2.46. The first-order chi connectivity index (χ1) is 15.0. The molecule has 31 heavy (non-hydrogen) atoms. The first kappa shape index (κ1) is 19.9. The number of benzene rings is 3. The third-order valence-electron chi connectivity index (χ3n) is 6.70. The van der Waals surface area contributed by atoms with Crippen LogP contribution in [0.3, 0.4) is 0 Å². The number of rotatable bonds is 3. The summed E-state index contributed by atoms with van der Waals surface area (Å²) in [5.74, 6) is -0.642. The zero-order chi connectivity index (χ0) is 21.4. The highest BCUT2D eigenvalue weighted by molar-refractivity contribution is 6.07. The van der Waals surface area contributed by atoms with Gasteiger partial charge in [0.15, 0.2) is 0 Å². The van der Waals surface area contributed by atoms with Crippen LogP contribution in [0, 0.1) is 11.6 Å². The van der Waals surface area contributed by atoms with E-state index in [1.54, 1.807) is 12.1 Å². The Balaban J connectivity index is 1.35. The Morgan fingerprint density at radius 1 is 0.839 bits per heavy atom. The molecule has 5 rings (SSSR count). The molecular formula is C26H24F2N2O. The predicted molar refractivity (Wildman–Crippen MR) is 117 cm³/mol. The number of nitrogens with zero attached hydrogens (tertiary/aromatic N) is 2. The molecule has 2 aliphatic heterocycles. The lowest BCUT2D eigenvalue weighted by Crippen LogP contribution is -2.45. The number of piperidine rings is 1. The van der Waals surface area contributed by atoms with Gasteiger partial charge in [0, 0.05) is 29.8 Å². The molecule has 2 aliphatic rings. The molecule has 0 aromatic heterocycles. The Morgan fingerprint density at radius 2 is 1.45 bits per heavy atom. The van der Waals surface area contributed by atoms with Crippen LogP contribution in [0.4, 0.5) is 14.5 Å². The number of hydrogen-bond acceptors (Lipinski definition) is 2. The lowest BCUT2D eigenvalue weighted by atomic mass is 9.74. The average Bonchev–Trinajstić information content (AvgIpc) is 3.11. The molecule has 0 unspecified atom stereocenters. The van der Waals surface area contributed by atoms with E-state index in [1.165, 1.54) is 29.8 Å². The summed E-state index contributed by atoms with van der Waals surface area (Å²) in [7, 11) is 0. The highest BCUT2D eigenvalue weighted by Crippen LogP contribution is 2.47. The van der Waals surface area contributed by atoms with Gasteiger partial charge in [0.05, 0.1) is 0 Å². The van der Waals surface area contributed by atoms with Crippen molar-refractivity contribution < 1.29 is 13.6 Å². The average molecular weight is 418 g/mol. The Kier molecular flexibility index (Phi) is 5.06. The van der Waals surface area contributed by atoms with Gasteiger partial charge in [-0.25, -0.2) is 8.78 Å². The second-order valence-corrected chi connectivity index (χ2v) is 8.60. The number of para-hydroxylation sites is 1. The van der Waals surface area contributed by atoms with E-state index >= 15 is 0 Å².